The zero-order valence-electron chi connectivity index (χ0n) is 13.8. The molecule has 0 saturated carbocycles. The van der Waals surface area contributed by atoms with Gasteiger partial charge in [0.2, 0.25) is 0 Å². The second-order valence-electron chi connectivity index (χ2n) is 7.77. The minimum absolute atomic E-state index is 0.370. The van der Waals surface area contributed by atoms with Gasteiger partial charge < -0.3 is 4.90 Å². The predicted octanol–water partition coefficient (Wildman–Crippen LogP) is -0.186. The van der Waals surface area contributed by atoms with Gasteiger partial charge in [0, 0.05) is 5.54 Å². The molecule has 0 radical (unpaired) electrons. The third kappa shape index (κ3) is 3.62. The van der Waals surface area contributed by atoms with Crippen molar-refractivity contribution >= 4 is 31.4 Å². The minimum atomic E-state index is 0.370. The van der Waals surface area contributed by atoms with Gasteiger partial charge in [0.1, 0.15) is 31.4 Å². The minimum Gasteiger partial charge on any atom is -0.305 e. The quantitative estimate of drug-likeness (QED) is 0.463. The Morgan fingerprint density at radius 2 is 1.78 bits per heavy atom. The fourth-order valence-electron chi connectivity index (χ4n) is 3.54. The number of nitrogens with zero attached hydrogens (tertiary/aromatic N) is 1. The first-order valence-electron chi connectivity index (χ1n) is 7.99. The summed E-state index contributed by atoms with van der Waals surface area (Å²) in [6.45, 7) is 8.45. The molecule has 0 aromatic heterocycles. The van der Waals surface area contributed by atoms with E-state index in [9.17, 15) is 0 Å². The Labute approximate surface area is 118 Å². The molecule has 100 valence electrons. The lowest BCUT2D eigenvalue weighted by molar-refractivity contribution is 0.124. The summed E-state index contributed by atoms with van der Waals surface area (Å²) in [6, 6.07) is 0. The number of hydrogen-bond acceptors (Lipinski definition) is 1. The van der Waals surface area contributed by atoms with Crippen LogP contribution in [0, 0.1) is 0 Å². The Bertz CT molecular complexity index is 268. The predicted molar refractivity (Wildman–Crippen MR) is 94.0 cm³/mol. The van der Waals surface area contributed by atoms with Gasteiger partial charge in [-0.3, -0.25) is 0 Å². The van der Waals surface area contributed by atoms with Crippen LogP contribution in [0.2, 0.25) is 11.0 Å². The molecule has 0 amide bonds. The Morgan fingerprint density at radius 1 is 1.17 bits per heavy atom. The summed E-state index contributed by atoms with van der Waals surface area (Å²) in [5.41, 5.74) is 0.370. The highest BCUT2D eigenvalue weighted by molar-refractivity contribution is 6.45. The summed E-state index contributed by atoms with van der Waals surface area (Å²) in [5, 5.41) is 0.472. The van der Waals surface area contributed by atoms with E-state index in [0.717, 1.165) is 11.8 Å². The average Bonchev–Trinajstić information content (AvgIpc) is 2.49. The lowest BCUT2D eigenvalue weighted by Gasteiger charge is -2.40. The summed E-state index contributed by atoms with van der Waals surface area (Å²) in [5.74, 6) is 1.52. The normalized spacial score (nSPS) is 28.6. The topological polar surface area (TPSA) is 3.24 Å². The van der Waals surface area contributed by atoms with E-state index < -0.39 is 0 Å². The maximum absolute atomic E-state index is 2.77. The number of hydrogen-bond donors (Lipinski definition) is 0. The molecule has 0 aromatic carbocycles. The summed E-state index contributed by atoms with van der Waals surface area (Å²) in [4.78, 5) is 2.77. The van der Waals surface area contributed by atoms with Crippen LogP contribution in [0.4, 0.5) is 0 Å². The van der Waals surface area contributed by atoms with Gasteiger partial charge in [-0.1, -0.05) is 43.6 Å². The molecule has 2 atom stereocenters. The Kier molecular flexibility index (Phi) is 5.53. The first kappa shape index (κ1) is 16.3. The van der Waals surface area contributed by atoms with E-state index in [2.05, 4.69) is 57.1 Å². The SMILES string of the molecule is BC1C(B)C(B)(B)CN1C(C)(C)CCCCCC. The molecule has 0 spiro atoms. The molecule has 1 rings (SSSR count). The number of rotatable bonds is 6. The van der Waals surface area contributed by atoms with Gasteiger partial charge >= 0.3 is 0 Å². The third-order valence-electron chi connectivity index (χ3n) is 5.45. The molecule has 0 N–H and O–H groups in total. The molecule has 1 aliphatic heterocycles. The van der Waals surface area contributed by atoms with Crippen LogP contribution in [-0.4, -0.2) is 54.3 Å². The van der Waals surface area contributed by atoms with Crippen molar-refractivity contribution in [1.82, 2.24) is 4.90 Å². The van der Waals surface area contributed by atoms with Crippen LogP contribution in [0.5, 0.6) is 0 Å². The maximum atomic E-state index is 2.77. The van der Waals surface area contributed by atoms with Crippen LogP contribution in [-0.2, 0) is 0 Å². The van der Waals surface area contributed by atoms with Crippen molar-refractivity contribution in [3.8, 4) is 0 Å². The van der Waals surface area contributed by atoms with Gasteiger partial charge in [0.25, 0.3) is 0 Å². The van der Waals surface area contributed by atoms with Crippen molar-refractivity contribution in [3.05, 3.63) is 0 Å². The monoisotopic (exact) mass is 245 g/mol. The fourth-order valence-corrected chi connectivity index (χ4v) is 3.54. The molecule has 1 heterocycles. The van der Waals surface area contributed by atoms with Crippen LogP contribution in [0.3, 0.4) is 0 Å². The lowest BCUT2D eigenvalue weighted by atomic mass is 9.43. The van der Waals surface area contributed by atoms with Gasteiger partial charge in [-0.2, -0.15) is 0 Å². The molecule has 0 aromatic rings. The lowest BCUT2D eigenvalue weighted by Crippen LogP contribution is -2.48. The second-order valence-corrected chi connectivity index (χ2v) is 7.77. The van der Waals surface area contributed by atoms with Crippen LogP contribution < -0.4 is 0 Å². The van der Waals surface area contributed by atoms with Crippen molar-refractivity contribution in [2.45, 2.75) is 75.4 Å². The van der Waals surface area contributed by atoms with E-state index in [4.69, 9.17) is 0 Å². The number of unbranched alkanes of at least 4 members (excludes halogenated alkanes) is 3. The second kappa shape index (κ2) is 6.11. The van der Waals surface area contributed by atoms with Gasteiger partial charge in [-0.25, -0.2) is 0 Å². The fraction of sp³-hybridized carbons (Fsp3) is 1.00. The third-order valence-corrected chi connectivity index (χ3v) is 5.45. The first-order valence-corrected chi connectivity index (χ1v) is 7.99. The van der Waals surface area contributed by atoms with E-state index in [-0.39, 0.29) is 0 Å². The van der Waals surface area contributed by atoms with Gasteiger partial charge in [-0.05, 0) is 32.8 Å². The zero-order chi connectivity index (χ0) is 14.0. The maximum Gasteiger partial charge on any atom is 0.123 e. The average molecular weight is 245 g/mol. The van der Waals surface area contributed by atoms with Crippen LogP contribution in [0.15, 0.2) is 0 Å². The highest BCUT2D eigenvalue weighted by atomic mass is 15.2. The molecular weight excluding hydrogens is 213 g/mol. The Hall–Kier alpha value is 0.220. The molecule has 5 heteroatoms. The van der Waals surface area contributed by atoms with Gasteiger partial charge in [0.15, 0.2) is 0 Å². The molecule has 1 fully saturated rings. The van der Waals surface area contributed by atoms with E-state index >= 15 is 0 Å². The Morgan fingerprint density at radius 3 is 2.22 bits per heavy atom. The van der Waals surface area contributed by atoms with Crippen molar-refractivity contribution < 1.29 is 0 Å². The van der Waals surface area contributed by atoms with Crippen LogP contribution in [0.1, 0.15) is 52.9 Å². The van der Waals surface area contributed by atoms with E-state index in [1.807, 2.05) is 0 Å². The summed E-state index contributed by atoms with van der Waals surface area (Å²) in [7, 11) is 9.72. The highest BCUT2D eigenvalue weighted by Gasteiger charge is 2.45. The molecule has 0 aliphatic carbocycles. The van der Waals surface area contributed by atoms with Crippen molar-refractivity contribution in [2.24, 2.45) is 0 Å². The van der Waals surface area contributed by atoms with Crippen LogP contribution >= 0.6 is 0 Å². The van der Waals surface area contributed by atoms with Gasteiger partial charge in [-0.15, -0.1) is 0 Å². The van der Waals surface area contributed by atoms with Crippen molar-refractivity contribution in [3.63, 3.8) is 0 Å². The summed E-state index contributed by atoms with van der Waals surface area (Å²) < 4.78 is 0. The molecule has 18 heavy (non-hydrogen) atoms. The molecule has 2 unspecified atom stereocenters. The van der Waals surface area contributed by atoms with E-state index in [1.54, 1.807) is 0 Å². The first-order chi connectivity index (χ1) is 8.22. The summed E-state index contributed by atoms with van der Waals surface area (Å²) >= 11 is 0. The molecule has 1 saturated heterocycles. The van der Waals surface area contributed by atoms with E-state index in [0.29, 0.717) is 10.8 Å². The molecule has 1 aliphatic rings. The molecular formula is C13H31B4N. The van der Waals surface area contributed by atoms with Crippen molar-refractivity contribution in [1.29, 1.82) is 0 Å². The number of likely N-dealkylation sites (tertiary alicyclic amines) is 1. The van der Waals surface area contributed by atoms with Crippen LogP contribution in [0.25, 0.3) is 0 Å². The smallest absolute Gasteiger partial charge is 0.123 e. The Balaban J connectivity index is 2.57. The van der Waals surface area contributed by atoms with Crippen molar-refractivity contribution in [2.75, 3.05) is 6.54 Å². The van der Waals surface area contributed by atoms with Gasteiger partial charge in [0.05, 0.1) is 0 Å². The highest BCUT2D eigenvalue weighted by Crippen LogP contribution is 2.46. The van der Waals surface area contributed by atoms with E-state index in [1.165, 1.54) is 38.6 Å². The summed E-state index contributed by atoms with van der Waals surface area (Å²) in [6.07, 6.45) is 6.87. The standard InChI is InChI=1S/C13H31B4N/c1-4-5-6-7-8-12(2,3)18-9-13(16,17)10(14)11(18)15/h10-11H,4-9,14-17H2,1-3H3. The zero-order valence-corrected chi connectivity index (χ0v) is 13.8. The largest absolute Gasteiger partial charge is 0.305 e. The molecule has 1 nitrogen and oxygen atoms in total. The molecule has 0 bridgehead atoms.